The molecule has 4 nitrogen and oxygen atoms in total. The molecule has 0 aromatic heterocycles. The number of carbonyl (C=O) groups excluding carboxylic acids is 1. The Morgan fingerprint density at radius 2 is 2.11 bits per heavy atom. The van der Waals surface area contributed by atoms with Crippen molar-refractivity contribution in [1.29, 1.82) is 0 Å². The molecule has 1 aromatic carbocycles. The van der Waals surface area contributed by atoms with E-state index in [9.17, 15) is 4.79 Å². The Morgan fingerprint density at radius 3 is 2.79 bits per heavy atom. The lowest BCUT2D eigenvalue weighted by Gasteiger charge is -2.47. The first-order chi connectivity index (χ1) is 9.27. The number of amides is 1. The maximum atomic E-state index is 12.0. The van der Waals surface area contributed by atoms with Crippen molar-refractivity contribution in [3.8, 4) is 0 Å². The van der Waals surface area contributed by atoms with Gasteiger partial charge in [0.1, 0.15) is 6.61 Å². The fourth-order valence-electron chi connectivity index (χ4n) is 2.78. The molecule has 0 unspecified atom stereocenters. The van der Waals surface area contributed by atoms with Gasteiger partial charge < -0.3 is 14.4 Å². The van der Waals surface area contributed by atoms with Crippen LogP contribution in [0.5, 0.6) is 0 Å². The minimum atomic E-state index is -0.224. The van der Waals surface area contributed by atoms with Gasteiger partial charge in [-0.25, -0.2) is 4.79 Å². The molecule has 0 radical (unpaired) electrons. The van der Waals surface area contributed by atoms with Gasteiger partial charge in [-0.3, -0.25) is 0 Å². The summed E-state index contributed by atoms with van der Waals surface area (Å²) in [4.78, 5) is 13.8. The summed E-state index contributed by atoms with van der Waals surface area (Å²) in [6, 6.07) is 9.76. The van der Waals surface area contributed by atoms with Gasteiger partial charge in [0.05, 0.1) is 18.8 Å². The lowest BCUT2D eigenvalue weighted by atomic mass is 9.86. The maximum Gasteiger partial charge on any atom is 0.410 e. The fourth-order valence-corrected chi connectivity index (χ4v) is 2.78. The van der Waals surface area contributed by atoms with E-state index in [4.69, 9.17) is 9.47 Å². The topological polar surface area (TPSA) is 38.8 Å². The molecule has 0 aliphatic carbocycles. The van der Waals surface area contributed by atoms with E-state index in [1.54, 1.807) is 4.90 Å². The summed E-state index contributed by atoms with van der Waals surface area (Å²) in [6.45, 7) is 2.62. The molecular weight excluding hydrogens is 242 g/mol. The highest BCUT2D eigenvalue weighted by molar-refractivity contribution is 5.68. The summed E-state index contributed by atoms with van der Waals surface area (Å²) in [5, 5.41) is 0. The molecule has 1 amide bonds. The molecule has 0 saturated carbocycles. The smallest absolute Gasteiger partial charge is 0.410 e. The SMILES string of the molecule is O=C(OCc1ccccc1)N1CCC[C@]2(CCO2)C1. The number of rotatable bonds is 2. The van der Waals surface area contributed by atoms with Crippen LogP contribution in [0, 0.1) is 0 Å². The zero-order valence-corrected chi connectivity index (χ0v) is 11.0. The quantitative estimate of drug-likeness (QED) is 0.821. The Bertz CT molecular complexity index is 442. The third-order valence-corrected chi connectivity index (χ3v) is 3.97. The molecule has 2 fully saturated rings. The van der Waals surface area contributed by atoms with Crippen LogP contribution in [0.4, 0.5) is 4.79 Å². The lowest BCUT2D eigenvalue weighted by molar-refractivity contribution is -0.173. The van der Waals surface area contributed by atoms with Gasteiger partial charge in [-0.1, -0.05) is 30.3 Å². The minimum absolute atomic E-state index is 0.0655. The zero-order valence-electron chi connectivity index (χ0n) is 11.0. The van der Waals surface area contributed by atoms with Gasteiger partial charge in [-0.05, 0) is 18.4 Å². The molecule has 2 aliphatic heterocycles. The van der Waals surface area contributed by atoms with E-state index in [-0.39, 0.29) is 11.7 Å². The predicted octanol–water partition coefficient (Wildman–Crippen LogP) is 2.58. The molecule has 19 heavy (non-hydrogen) atoms. The number of likely N-dealkylation sites (tertiary alicyclic amines) is 1. The Balaban J connectivity index is 1.52. The average molecular weight is 261 g/mol. The molecule has 1 spiro atoms. The highest BCUT2D eigenvalue weighted by Gasteiger charge is 2.43. The maximum absolute atomic E-state index is 12.0. The summed E-state index contributed by atoms with van der Waals surface area (Å²) >= 11 is 0. The van der Waals surface area contributed by atoms with Crippen LogP contribution in [0.25, 0.3) is 0 Å². The van der Waals surface area contributed by atoms with Crippen LogP contribution in [-0.2, 0) is 16.1 Å². The Hall–Kier alpha value is -1.55. The summed E-state index contributed by atoms with van der Waals surface area (Å²) in [7, 11) is 0. The second-order valence-electron chi connectivity index (χ2n) is 5.35. The first kappa shape index (κ1) is 12.5. The van der Waals surface area contributed by atoms with Crippen molar-refractivity contribution in [3.05, 3.63) is 35.9 Å². The molecule has 1 aromatic rings. The number of hydrogen-bond donors (Lipinski definition) is 0. The van der Waals surface area contributed by atoms with Gasteiger partial charge in [-0.15, -0.1) is 0 Å². The Labute approximate surface area is 113 Å². The van der Waals surface area contributed by atoms with E-state index in [2.05, 4.69) is 0 Å². The predicted molar refractivity (Wildman–Crippen MR) is 70.7 cm³/mol. The first-order valence-corrected chi connectivity index (χ1v) is 6.87. The molecule has 2 heterocycles. The van der Waals surface area contributed by atoms with Crippen molar-refractivity contribution < 1.29 is 14.3 Å². The van der Waals surface area contributed by atoms with Crippen LogP contribution >= 0.6 is 0 Å². The fraction of sp³-hybridized carbons (Fsp3) is 0.533. The van der Waals surface area contributed by atoms with E-state index in [1.165, 1.54) is 0 Å². The first-order valence-electron chi connectivity index (χ1n) is 6.87. The van der Waals surface area contributed by atoms with Crippen LogP contribution < -0.4 is 0 Å². The highest BCUT2D eigenvalue weighted by Crippen LogP contribution is 2.35. The molecule has 0 N–H and O–H groups in total. The normalized spacial score (nSPS) is 26.0. The largest absolute Gasteiger partial charge is 0.445 e. The van der Waals surface area contributed by atoms with Gasteiger partial charge in [0.25, 0.3) is 0 Å². The van der Waals surface area contributed by atoms with E-state index in [0.29, 0.717) is 13.2 Å². The van der Waals surface area contributed by atoms with Crippen molar-refractivity contribution in [2.24, 2.45) is 0 Å². The van der Waals surface area contributed by atoms with Crippen LogP contribution in [0.2, 0.25) is 0 Å². The van der Waals surface area contributed by atoms with Gasteiger partial charge in [0.2, 0.25) is 0 Å². The zero-order chi connectivity index (χ0) is 13.1. The van der Waals surface area contributed by atoms with Crippen molar-refractivity contribution in [1.82, 2.24) is 4.90 Å². The van der Waals surface area contributed by atoms with Crippen LogP contribution in [0.15, 0.2) is 30.3 Å². The third kappa shape index (κ3) is 2.73. The standard InChI is InChI=1S/C15H19NO3/c17-14(18-11-13-5-2-1-3-6-13)16-9-4-7-15(12-16)8-10-19-15/h1-3,5-6H,4,7-12H2/t15-/m0/s1. The number of hydrogen-bond acceptors (Lipinski definition) is 3. The van der Waals surface area contributed by atoms with Crippen molar-refractivity contribution >= 4 is 6.09 Å². The molecule has 1 atom stereocenters. The highest BCUT2D eigenvalue weighted by atomic mass is 16.6. The molecule has 2 aliphatic rings. The Morgan fingerprint density at radius 1 is 1.32 bits per heavy atom. The molecule has 0 bridgehead atoms. The number of benzene rings is 1. The number of ether oxygens (including phenoxy) is 2. The molecule has 2 saturated heterocycles. The van der Waals surface area contributed by atoms with Crippen LogP contribution in [0.3, 0.4) is 0 Å². The number of carbonyl (C=O) groups is 1. The summed E-state index contributed by atoms with van der Waals surface area (Å²) < 4.78 is 11.0. The van der Waals surface area contributed by atoms with Gasteiger partial charge in [0, 0.05) is 13.0 Å². The molecule has 3 rings (SSSR count). The number of piperidine rings is 1. The second-order valence-corrected chi connectivity index (χ2v) is 5.35. The third-order valence-electron chi connectivity index (χ3n) is 3.97. The minimum Gasteiger partial charge on any atom is -0.445 e. The van der Waals surface area contributed by atoms with Crippen molar-refractivity contribution in [2.45, 2.75) is 31.5 Å². The molecular formula is C15H19NO3. The summed E-state index contributed by atoms with van der Waals surface area (Å²) in [6.07, 6.45) is 2.91. The monoisotopic (exact) mass is 261 g/mol. The van der Waals surface area contributed by atoms with E-state index in [1.807, 2.05) is 30.3 Å². The summed E-state index contributed by atoms with van der Waals surface area (Å²) in [5.74, 6) is 0. The lowest BCUT2D eigenvalue weighted by Crippen LogP contribution is -2.57. The van der Waals surface area contributed by atoms with Crippen LogP contribution in [0.1, 0.15) is 24.8 Å². The van der Waals surface area contributed by atoms with Crippen molar-refractivity contribution in [3.63, 3.8) is 0 Å². The van der Waals surface area contributed by atoms with E-state index < -0.39 is 0 Å². The second kappa shape index (κ2) is 5.21. The van der Waals surface area contributed by atoms with Crippen molar-refractivity contribution in [2.75, 3.05) is 19.7 Å². The Kier molecular flexibility index (Phi) is 3.42. The van der Waals surface area contributed by atoms with E-state index >= 15 is 0 Å². The molecule has 102 valence electrons. The van der Waals surface area contributed by atoms with E-state index in [0.717, 1.165) is 38.0 Å². The van der Waals surface area contributed by atoms with Gasteiger partial charge >= 0.3 is 6.09 Å². The van der Waals surface area contributed by atoms with Crippen LogP contribution in [-0.4, -0.2) is 36.3 Å². The van der Waals surface area contributed by atoms with Gasteiger partial charge in [-0.2, -0.15) is 0 Å². The molecule has 4 heteroatoms. The summed E-state index contributed by atoms with van der Waals surface area (Å²) in [5.41, 5.74) is 0.951. The van der Waals surface area contributed by atoms with Gasteiger partial charge in [0.15, 0.2) is 0 Å². The number of nitrogens with zero attached hydrogens (tertiary/aromatic N) is 1. The average Bonchev–Trinajstić information content (AvgIpc) is 2.44.